The third-order valence-corrected chi connectivity index (χ3v) is 2.64. The van der Waals surface area contributed by atoms with Gasteiger partial charge in [0.2, 0.25) is 5.13 Å². The first kappa shape index (κ1) is 7.49. The van der Waals surface area contributed by atoms with Crippen molar-refractivity contribution < 1.29 is 8.42 Å². The fraction of sp³-hybridized carbons (Fsp3) is 0.250. The first-order chi connectivity index (χ1) is 4.50. The minimum absolute atomic E-state index is 0.0116. The van der Waals surface area contributed by atoms with E-state index in [2.05, 4.69) is 4.98 Å². The molecule has 0 bridgehead atoms. The topological polar surface area (TPSA) is 70.8 Å². The molecule has 0 unspecified atom stereocenters. The van der Waals surface area contributed by atoms with Gasteiger partial charge in [0.05, 0.1) is 0 Å². The number of rotatable bonds is 1. The molecule has 0 aliphatic rings. The van der Waals surface area contributed by atoms with E-state index in [4.69, 9.17) is 5.73 Å². The van der Waals surface area contributed by atoms with E-state index in [1.54, 1.807) is 0 Å². The number of thiazole rings is 1. The van der Waals surface area contributed by atoms with Crippen molar-refractivity contribution in [3.8, 4) is 0 Å². The van der Waals surface area contributed by atoms with Crippen LogP contribution in [-0.4, -0.2) is 19.7 Å². The van der Waals surface area contributed by atoms with E-state index in [9.17, 15) is 8.42 Å². The van der Waals surface area contributed by atoms with Crippen molar-refractivity contribution in [3.05, 3.63) is 5.38 Å². The Hall–Kier alpha value is -0.620. The average Bonchev–Trinajstić information content (AvgIpc) is 2.11. The van der Waals surface area contributed by atoms with Gasteiger partial charge in [-0.15, -0.1) is 11.3 Å². The Balaban J connectivity index is 3.21. The minimum Gasteiger partial charge on any atom is -0.274 e. The number of nitrogens with one attached hydrogen (secondary N) is 1. The highest BCUT2D eigenvalue weighted by Gasteiger charge is 2.10. The van der Waals surface area contributed by atoms with Crippen LogP contribution in [0.15, 0.2) is 10.4 Å². The molecule has 0 saturated carbocycles. The van der Waals surface area contributed by atoms with Crippen molar-refractivity contribution in [1.82, 2.24) is 10.7 Å². The summed E-state index contributed by atoms with van der Waals surface area (Å²) >= 11 is 1.01. The van der Waals surface area contributed by atoms with Gasteiger partial charge in [-0.05, 0) is 0 Å². The number of hydrogen-bond donors (Lipinski definition) is 0. The highest BCUT2D eigenvalue weighted by molar-refractivity contribution is 7.90. The second kappa shape index (κ2) is 2.21. The van der Waals surface area contributed by atoms with Crippen molar-refractivity contribution in [2.24, 2.45) is 0 Å². The van der Waals surface area contributed by atoms with E-state index in [0.717, 1.165) is 17.6 Å². The maximum atomic E-state index is 10.7. The lowest BCUT2D eigenvalue weighted by Crippen LogP contribution is -1.96. The van der Waals surface area contributed by atoms with Crippen LogP contribution < -0.4 is 5.73 Å². The van der Waals surface area contributed by atoms with Gasteiger partial charge in [0.15, 0.2) is 14.9 Å². The maximum Gasteiger partial charge on any atom is 0.202 e. The standard InChI is InChI=1S/C4H5N2O2S2/c1-10(7,8)3-2-9-4(5)6-3/h2,5H,1H3. The first-order valence-electron chi connectivity index (χ1n) is 2.37. The monoisotopic (exact) mass is 177 g/mol. The zero-order valence-corrected chi connectivity index (χ0v) is 6.79. The SMILES string of the molecule is CS(=O)(=O)c1csc([NH])n1. The Morgan fingerprint density at radius 1 is 1.70 bits per heavy atom. The number of hydrogen-bond acceptors (Lipinski definition) is 4. The third-order valence-electron chi connectivity index (χ3n) is 0.863. The summed E-state index contributed by atoms with van der Waals surface area (Å²) in [5.74, 6) is 0. The number of sulfone groups is 1. The largest absolute Gasteiger partial charge is 0.274 e. The minimum atomic E-state index is -3.20. The molecule has 0 amide bonds. The second-order valence-corrected chi connectivity index (χ2v) is 4.58. The molecular weight excluding hydrogens is 172 g/mol. The first-order valence-corrected chi connectivity index (χ1v) is 5.14. The second-order valence-electron chi connectivity index (χ2n) is 1.76. The number of nitrogens with zero attached hydrogens (tertiary/aromatic N) is 1. The van der Waals surface area contributed by atoms with Gasteiger partial charge in [-0.1, -0.05) is 0 Å². The van der Waals surface area contributed by atoms with E-state index < -0.39 is 9.84 Å². The molecule has 4 nitrogen and oxygen atoms in total. The molecule has 0 atom stereocenters. The summed E-state index contributed by atoms with van der Waals surface area (Å²) in [5, 5.41) is 1.38. The molecule has 0 aliphatic carbocycles. The zero-order chi connectivity index (χ0) is 7.78. The van der Waals surface area contributed by atoms with Crippen LogP contribution in [0.25, 0.3) is 0 Å². The average molecular weight is 177 g/mol. The summed E-state index contributed by atoms with van der Waals surface area (Å²) < 4.78 is 21.4. The Labute approximate surface area is 62.6 Å². The quantitative estimate of drug-likeness (QED) is 0.625. The molecule has 6 heteroatoms. The highest BCUT2D eigenvalue weighted by atomic mass is 32.2. The molecule has 0 aromatic carbocycles. The normalized spacial score (nSPS) is 11.7. The van der Waals surface area contributed by atoms with Crippen molar-refractivity contribution in [2.45, 2.75) is 5.03 Å². The van der Waals surface area contributed by atoms with E-state index in [1.807, 2.05) is 0 Å². The van der Waals surface area contributed by atoms with Gasteiger partial charge >= 0.3 is 0 Å². The fourth-order valence-electron chi connectivity index (χ4n) is 0.429. The van der Waals surface area contributed by atoms with Crippen LogP contribution in [0.5, 0.6) is 0 Å². The molecule has 10 heavy (non-hydrogen) atoms. The molecule has 1 rings (SSSR count). The van der Waals surface area contributed by atoms with E-state index in [0.29, 0.717) is 0 Å². The summed E-state index contributed by atoms with van der Waals surface area (Å²) in [6.07, 6.45) is 1.07. The summed E-state index contributed by atoms with van der Waals surface area (Å²) in [6.45, 7) is 0. The van der Waals surface area contributed by atoms with Crippen molar-refractivity contribution in [3.63, 3.8) is 0 Å². The van der Waals surface area contributed by atoms with Crippen molar-refractivity contribution >= 4 is 26.3 Å². The lowest BCUT2D eigenvalue weighted by molar-refractivity contribution is 0.599. The molecule has 0 fully saturated rings. The highest BCUT2D eigenvalue weighted by Crippen LogP contribution is 2.16. The van der Waals surface area contributed by atoms with Gasteiger partial charge in [-0.3, -0.25) is 5.73 Å². The van der Waals surface area contributed by atoms with Crippen LogP contribution in [0.3, 0.4) is 0 Å². The summed E-state index contributed by atoms with van der Waals surface area (Å²) in [4.78, 5) is 3.48. The molecule has 1 aromatic heterocycles. The van der Waals surface area contributed by atoms with Crippen LogP contribution in [0.2, 0.25) is 0 Å². The lowest BCUT2D eigenvalue weighted by atomic mass is 11.0. The maximum absolute atomic E-state index is 10.7. The third kappa shape index (κ3) is 1.45. The summed E-state index contributed by atoms with van der Waals surface area (Å²) in [7, 11) is -3.20. The predicted molar refractivity (Wildman–Crippen MR) is 38.0 cm³/mol. The predicted octanol–water partition coefficient (Wildman–Crippen LogP) is 0.461. The molecule has 1 aromatic rings. The Morgan fingerprint density at radius 2 is 2.30 bits per heavy atom. The van der Waals surface area contributed by atoms with E-state index >= 15 is 0 Å². The lowest BCUT2D eigenvalue weighted by Gasteiger charge is -1.85. The Bertz CT molecular complexity index is 327. The molecule has 1 heterocycles. The summed E-state index contributed by atoms with van der Waals surface area (Å²) in [5.41, 5.74) is 6.94. The fourth-order valence-corrected chi connectivity index (χ4v) is 2.00. The molecular formula is C4H5N2O2S2. The molecule has 55 valence electrons. The molecule has 0 spiro atoms. The Kier molecular flexibility index (Phi) is 1.65. The number of aromatic nitrogens is 1. The molecule has 0 saturated heterocycles. The Morgan fingerprint density at radius 3 is 2.50 bits per heavy atom. The molecule has 0 aliphatic heterocycles. The van der Waals surface area contributed by atoms with Crippen molar-refractivity contribution in [1.29, 1.82) is 0 Å². The zero-order valence-electron chi connectivity index (χ0n) is 5.16. The molecule has 1 radical (unpaired) electrons. The smallest absolute Gasteiger partial charge is 0.202 e. The van der Waals surface area contributed by atoms with Gasteiger partial charge in [0, 0.05) is 11.6 Å². The molecule has 1 N–H and O–H groups in total. The van der Waals surface area contributed by atoms with E-state index in [1.165, 1.54) is 5.38 Å². The van der Waals surface area contributed by atoms with Crippen LogP contribution in [0.1, 0.15) is 0 Å². The van der Waals surface area contributed by atoms with Gasteiger partial charge in [0.25, 0.3) is 0 Å². The van der Waals surface area contributed by atoms with Gasteiger partial charge in [-0.2, -0.15) is 0 Å². The van der Waals surface area contributed by atoms with Crippen molar-refractivity contribution in [2.75, 3.05) is 6.26 Å². The van der Waals surface area contributed by atoms with Gasteiger partial charge in [0.1, 0.15) is 0 Å². The van der Waals surface area contributed by atoms with Crippen LogP contribution in [0.4, 0.5) is 5.13 Å². The van der Waals surface area contributed by atoms with Gasteiger partial charge in [-0.25, -0.2) is 13.4 Å². The van der Waals surface area contributed by atoms with Crippen LogP contribution >= 0.6 is 11.3 Å². The van der Waals surface area contributed by atoms with Gasteiger partial charge < -0.3 is 0 Å². The summed E-state index contributed by atoms with van der Waals surface area (Å²) in [6, 6.07) is 0. The van der Waals surface area contributed by atoms with E-state index in [-0.39, 0.29) is 10.2 Å². The van der Waals surface area contributed by atoms with Crippen LogP contribution in [0, 0.1) is 0 Å². The van der Waals surface area contributed by atoms with Crippen LogP contribution in [-0.2, 0) is 9.84 Å².